The van der Waals surface area contributed by atoms with E-state index in [0.29, 0.717) is 43.7 Å². The highest BCUT2D eigenvalue weighted by atomic mass is 16.7. The number of nitrogens with one attached hydrogen (secondary N) is 1. The van der Waals surface area contributed by atoms with Crippen molar-refractivity contribution in [3.63, 3.8) is 0 Å². The molecule has 1 aromatic carbocycles. The zero-order chi connectivity index (χ0) is 27.9. The van der Waals surface area contributed by atoms with Crippen LogP contribution in [0.2, 0.25) is 0 Å². The third kappa shape index (κ3) is 5.27. The number of fused-ring (bicyclic) bond motifs is 1. The van der Waals surface area contributed by atoms with Gasteiger partial charge in [-0.2, -0.15) is 0 Å². The molecule has 39 heavy (non-hydrogen) atoms. The molecule has 0 radical (unpaired) electrons. The fourth-order valence-corrected chi connectivity index (χ4v) is 5.36. The first-order valence-corrected chi connectivity index (χ1v) is 13.5. The highest BCUT2D eigenvalue weighted by molar-refractivity contribution is 6.62. The fraction of sp³-hybridized carbons (Fsp3) is 0.483. The molecular formula is C29H36BN3O6. The van der Waals surface area contributed by atoms with Crippen LogP contribution in [0.4, 0.5) is 0 Å². The summed E-state index contributed by atoms with van der Waals surface area (Å²) < 4.78 is 19.9. The molecule has 10 heteroatoms. The van der Waals surface area contributed by atoms with E-state index in [0.717, 1.165) is 21.9 Å². The Morgan fingerprint density at radius 3 is 2.31 bits per heavy atom. The van der Waals surface area contributed by atoms with Gasteiger partial charge in [0.15, 0.2) is 0 Å². The second-order valence-corrected chi connectivity index (χ2v) is 11.6. The van der Waals surface area contributed by atoms with Crippen LogP contribution in [0.15, 0.2) is 42.7 Å². The molecule has 0 unspecified atom stereocenters. The molecule has 1 aliphatic carbocycles. The summed E-state index contributed by atoms with van der Waals surface area (Å²) in [4.78, 5) is 29.0. The minimum absolute atomic E-state index is 0.0591. The first-order valence-electron chi connectivity index (χ1n) is 13.5. The molecule has 2 N–H and O–H groups in total. The number of aliphatic carboxylic acids is 1. The van der Waals surface area contributed by atoms with E-state index in [1.165, 1.54) is 0 Å². The molecule has 206 valence electrons. The van der Waals surface area contributed by atoms with Crippen molar-refractivity contribution < 1.29 is 28.7 Å². The van der Waals surface area contributed by atoms with Gasteiger partial charge in [0.05, 0.1) is 40.7 Å². The number of methoxy groups -OCH3 is 1. The molecule has 1 amide bonds. The highest BCUT2D eigenvalue weighted by Crippen LogP contribution is 2.36. The van der Waals surface area contributed by atoms with Gasteiger partial charge < -0.3 is 29.0 Å². The van der Waals surface area contributed by atoms with E-state index in [4.69, 9.17) is 14.0 Å². The van der Waals surface area contributed by atoms with Crippen LogP contribution in [-0.4, -0.2) is 58.0 Å². The van der Waals surface area contributed by atoms with Crippen LogP contribution in [0.3, 0.4) is 0 Å². The van der Waals surface area contributed by atoms with Crippen LogP contribution in [0.1, 0.15) is 69.3 Å². The lowest BCUT2D eigenvalue weighted by molar-refractivity contribution is -0.142. The summed E-state index contributed by atoms with van der Waals surface area (Å²) in [6, 6.07) is 9.99. The van der Waals surface area contributed by atoms with Gasteiger partial charge >= 0.3 is 13.1 Å². The van der Waals surface area contributed by atoms with Crippen molar-refractivity contribution in [3.8, 4) is 5.88 Å². The lowest BCUT2D eigenvalue weighted by Crippen LogP contribution is -2.41. The van der Waals surface area contributed by atoms with Gasteiger partial charge in [0.25, 0.3) is 5.91 Å². The Hall–Kier alpha value is -3.37. The Bertz CT molecular complexity index is 1360. The van der Waals surface area contributed by atoms with E-state index in [2.05, 4.69) is 10.3 Å². The number of ether oxygens (including phenoxy) is 1. The number of pyridine rings is 1. The normalized spacial score (nSPS) is 22.1. The lowest BCUT2D eigenvalue weighted by atomic mass is 9.79. The first-order chi connectivity index (χ1) is 18.5. The molecule has 1 aliphatic heterocycles. The molecule has 5 rings (SSSR count). The number of benzene rings is 1. The number of amides is 1. The Balaban J connectivity index is 1.36. The maximum absolute atomic E-state index is 13.4. The maximum Gasteiger partial charge on any atom is 0.494 e. The number of rotatable bonds is 7. The van der Waals surface area contributed by atoms with E-state index in [1.807, 2.05) is 68.8 Å². The number of carbonyl (C=O) groups is 2. The van der Waals surface area contributed by atoms with Crippen molar-refractivity contribution in [1.82, 2.24) is 14.9 Å². The van der Waals surface area contributed by atoms with Gasteiger partial charge in [-0.3, -0.25) is 9.59 Å². The topological polar surface area (TPSA) is 112 Å². The summed E-state index contributed by atoms with van der Waals surface area (Å²) in [6.07, 6.45) is 5.91. The number of nitrogens with zero attached hydrogens (tertiary/aromatic N) is 2. The van der Waals surface area contributed by atoms with Crippen LogP contribution in [0.5, 0.6) is 5.88 Å². The van der Waals surface area contributed by atoms with Crippen molar-refractivity contribution >= 4 is 35.4 Å². The molecule has 0 atom stereocenters. The van der Waals surface area contributed by atoms with Gasteiger partial charge in [-0.15, -0.1) is 0 Å². The van der Waals surface area contributed by atoms with Crippen molar-refractivity contribution in [3.05, 3.63) is 53.9 Å². The van der Waals surface area contributed by atoms with Gasteiger partial charge in [0, 0.05) is 25.0 Å². The molecule has 2 fully saturated rings. The van der Waals surface area contributed by atoms with Gasteiger partial charge in [0.1, 0.15) is 0 Å². The Kier molecular flexibility index (Phi) is 7.20. The number of carbonyl (C=O) groups excluding carboxylic acids is 1. The third-order valence-corrected chi connectivity index (χ3v) is 8.47. The van der Waals surface area contributed by atoms with Crippen LogP contribution >= 0.6 is 0 Å². The summed E-state index contributed by atoms with van der Waals surface area (Å²) in [5.74, 6) is -0.855. The van der Waals surface area contributed by atoms with Crippen molar-refractivity contribution in [2.45, 2.75) is 77.2 Å². The zero-order valence-electron chi connectivity index (χ0n) is 23.2. The first kappa shape index (κ1) is 27.2. The largest absolute Gasteiger partial charge is 0.494 e. The predicted molar refractivity (Wildman–Crippen MR) is 148 cm³/mol. The minimum atomic E-state index is -0.761. The average Bonchev–Trinajstić information content (AvgIpc) is 3.41. The summed E-state index contributed by atoms with van der Waals surface area (Å²) >= 11 is 0. The number of hydrogen-bond donors (Lipinski definition) is 2. The van der Waals surface area contributed by atoms with Crippen molar-refractivity contribution in [2.24, 2.45) is 5.92 Å². The summed E-state index contributed by atoms with van der Waals surface area (Å²) in [7, 11) is 1.14. The van der Waals surface area contributed by atoms with Gasteiger partial charge in [-0.05, 0) is 70.5 Å². The monoisotopic (exact) mass is 533 g/mol. The van der Waals surface area contributed by atoms with Crippen LogP contribution in [-0.2, 0) is 20.6 Å². The molecule has 0 bridgehead atoms. The van der Waals surface area contributed by atoms with E-state index in [1.54, 1.807) is 13.3 Å². The van der Waals surface area contributed by atoms with Crippen LogP contribution < -0.4 is 15.5 Å². The molecule has 2 aliphatic rings. The van der Waals surface area contributed by atoms with Gasteiger partial charge in [-0.25, -0.2) is 4.98 Å². The molecule has 1 saturated heterocycles. The third-order valence-electron chi connectivity index (χ3n) is 8.47. The van der Waals surface area contributed by atoms with Gasteiger partial charge in [-0.1, -0.05) is 24.3 Å². The number of carboxylic acid groups (broad SMARTS) is 1. The van der Waals surface area contributed by atoms with Crippen molar-refractivity contribution in [2.75, 3.05) is 7.11 Å². The second kappa shape index (κ2) is 10.3. The maximum atomic E-state index is 13.4. The van der Waals surface area contributed by atoms with E-state index in [9.17, 15) is 14.7 Å². The number of aromatic nitrogens is 2. The standard InChI is InChI=1S/C29H36BN3O6/c1-28(2)29(3,4)39-30(38-28)20-10-6-18(7-11-20)17-33-15-14-22-24(33)23(16-31-26(22)37-5)25(34)32-21-12-8-19(9-13-21)27(35)36/h6-7,10-11,14-16,19,21H,8-9,12-13,17H2,1-5H3,(H,32,34)(H,35,36). The molecular weight excluding hydrogens is 497 g/mol. The second-order valence-electron chi connectivity index (χ2n) is 11.6. The van der Waals surface area contributed by atoms with Crippen LogP contribution in [0.25, 0.3) is 10.9 Å². The number of hydrogen-bond acceptors (Lipinski definition) is 6. The Morgan fingerprint density at radius 1 is 1.08 bits per heavy atom. The summed E-state index contributed by atoms with van der Waals surface area (Å²) in [5, 5.41) is 13.1. The van der Waals surface area contributed by atoms with E-state index >= 15 is 0 Å². The molecule has 2 aromatic heterocycles. The summed E-state index contributed by atoms with van der Waals surface area (Å²) in [5.41, 5.74) is 2.42. The minimum Gasteiger partial charge on any atom is -0.481 e. The highest BCUT2D eigenvalue weighted by Gasteiger charge is 2.51. The fourth-order valence-electron chi connectivity index (χ4n) is 5.36. The van der Waals surface area contributed by atoms with Crippen molar-refractivity contribution in [1.29, 1.82) is 0 Å². The summed E-state index contributed by atoms with van der Waals surface area (Å²) in [6.45, 7) is 8.70. The molecule has 3 heterocycles. The average molecular weight is 533 g/mol. The van der Waals surface area contributed by atoms with E-state index in [-0.39, 0.29) is 17.9 Å². The molecule has 9 nitrogen and oxygen atoms in total. The van der Waals surface area contributed by atoms with Crippen LogP contribution in [0, 0.1) is 5.92 Å². The molecule has 0 spiro atoms. The SMILES string of the molecule is COc1ncc(C(=O)NC2CCC(C(=O)O)CC2)c2c1ccn2Cc1ccc(B2OC(C)(C)C(C)(C)O2)cc1. The van der Waals surface area contributed by atoms with E-state index < -0.39 is 24.3 Å². The smallest absolute Gasteiger partial charge is 0.481 e. The predicted octanol–water partition coefficient (Wildman–Crippen LogP) is 3.77. The molecule has 3 aromatic rings. The Labute approximate surface area is 229 Å². The quantitative estimate of drug-likeness (QED) is 0.445. The molecule has 1 saturated carbocycles. The Morgan fingerprint density at radius 2 is 1.72 bits per heavy atom. The number of carboxylic acids is 1. The van der Waals surface area contributed by atoms with Gasteiger partial charge in [0.2, 0.25) is 5.88 Å². The zero-order valence-corrected chi connectivity index (χ0v) is 23.2. The lowest BCUT2D eigenvalue weighted by Gasteiger charge is -2.32.